The molecule has 0 amide bonds. The summed E-state index contributed by atoms with van der Waals surface area (Å²) in [6, 6.07) is 15.2. The molecule has 0 bridgehead atoms. The second-order valence-electron chi connectivity index (χ2n) is 5.16. The topological polar surface area (TPSA) is 0 Å². The highest BCUT2D eigenvalue weighted by Crippen LogP contribution is 2.32. The SMILES string of the molecule is C=C/C=C(\C=C/C)C(CCSCl)c1ccc2ccccc2c1. The zero-order valence-corrected chi connectivity index (χ0v) is 14.4. The molecule has 0 aliphatic heterocycles. The van der Waals surface area contributed by atoms with Gasteiger partial charge in [-0.2, -0.15) is 0 Å². The van der Waals surface area contributed by atoms with E-state index >= 15 is 0 Å². The molecule has 2 rings (SSSR count). The Morgan fingerprint density at radius 2 is 2.00 bits per heavy atom. The van der Waals surface area contributed by atoms with E-state index in [0.717, 1.165) is 12.2 Å². The zero-order valence-electron chi connectivity index (χ0n) is 12.8. The van der Waals surface area contributed by atoms with Crippen LogP contribution in [0.4, 0.5) is 0 Å². The predicted octanol–water partition coefficient (Wildman–Crippen LogP) is 6.89. The average Bonchev–Trinajstić information content (AvgIpc) is 2.55. The van der Waals surface area contributed by atoms with Gasteiger partial charge in [0.15, 0.2) is 0 Å². The summed E-state index contributed by atoms with van der Waals surface area (Å²) in [5.41, 5.74) is 2.61. The van der Waals surface area contributed by atoms with Crippen LogP contribution in [-0.4, -0.2) is 5.75 Å². The van der Waals surface area contributed by atoms with Crippen molar-refractivity contribution in [2.75, 3.05) is 5.75 Å². The van der Waals surface area contributed by atoms with Gasteiger partial charge in [-0.05, 0) is 45.9 Å². The fourth-order valence-corrected chi connectivity index (χ4v) is 3.32. The number of rotatable bonds is 7. The van der Waals surface area contributed by atoms with E-state index in [1.165, 1.54) is 32.9 Å². The summed E-state index contributed by atoms with van der Waals surface area (Å²) in [5.74, 6) is 1.26. The fourth-order valence-electron chi connectivity index (χ4n) is 2.73. The quantitative estimate of drug-likeness (QED) is 0.499. The first-order valence-electron chi connectivity index (χ1n) is 7.47. The van der Waals surface area contributed by atoms with E-state index in [0.29, 0.717) is 5.92 Å². The number of allylic oxidation sites excluding steroid dienone is 5. The number of hydrogen-bond acceptors (Lipinski definition) is 1. The number of benzene rings is 2. The molecule has 2 aromatic carbocycles. The van der Waals surface area contributed by atoms with Crippen molar-refractivity contribution in [3.8, 4) is 0 Å². The van der Waals surface area contributed by atoms with Crippen LogP contribution < -0.4 is 0 Å². The molecule has 2 aromatic rings. The Balaban J connectivity index is 2.45. The van der Waals surface area contributed by atoms with Gasteiger partial charge in [-0.15, -0.1) is 0 Å². The highest BCUT2D eigenvalue weighted by molar-refractivity contribution is 8.21. The number of fused-ring (bicyclic) bond motifs is 1. The minimum absolute atomic E-state index is 0.338. The molecular weight excluding hydrogens is 308 g/mol. The van der Waals surface area contributed by atoms with Gasteiger partial charge in [0.1, 0.15) is 0 Å². The Kier molecular flexibility index (Phi) is 6.82. The third-order valence-electron chi connectivity index (χ3n) is 3.73. The Morgan fingerprint density at radius 1 is 1.23 bits per heavy atom. The van der Waals surface area contributed by atoms with Crippen molar-refractivity contribution >= 4 is 32.4 Å². The summed E-state index contributed by atoms with van der Waals surface area (Å²) in [7, 11) is 7.22. The van der Waals surface area contributed by atoms with Gasteiger partial charge in [-0.1, -0.05) is 84.3 Å². The van der Waals surface area contributed by atoms with Gasteiger partial charge in [-0.25, -0.2) is 0 Å². The zero-order chi connectivity index (χ0) is 15.8. The van der Waals surface area contributed by atoms with E-state index in [1.54, 1.807) is 0 Å². The summed E-state index contributed by atoms with van der Waals surface area (Å²) in [4.78, 5) is 0. The molecule has 0 saturated heterocycles. The van der Waals surface area contributed by atoms with E-state index in [-0.39, 0.29) is 0 Å². The summed E-state index contributed by atoms with van der Waals surface area (Å²) in [6.07, 6.45) is 9.21. The summed E-state index contributed by atoms with van der Waals surface area (Å²) in [6.45, 7) is 5.89. The van der Waals surface area contributed by atoms with Gasteiger partial charge >= 0.3 is 0 Å². The molecule has 2 heteroatoms. The minimum Gasteiger partial charge on any atom is -0.0991 e. The Labute approximate surface area is 142 Å². The summed E-state index contributed by atoms with van der Waals surface area (Å²) < 4.78 is 0. The second-order valence-corrected chi connectivity index (χ2v) is 6.44. The van der Waals surface area contributed by atoms with Gasteiger partial charge in [-0.3, -0.25) is 0 Å². The molecule has 0 N–H and O–H groups in total. The Bertz CT molecular complexity index is 685. The van der Waals surface area contributed by atoms with Crippen LogP contribution in [0.3, 0.4) is 0 Å². The van der Waals surface area contributed by atoms with Crippen molar-refractivity contribution in [1.29, 1.82) is 0 Å². The molecule has 0 aliphatic rings. The van der Waals surface area contributed by atoms with Crippen LogP contribution in [0.5, 0.6) is 0 Å². The van der Waals surface area contributed by atoms with Crippen LogP contribution in [0, 0.1) is 0 Å². The van der Waals surface area contributed by atoms with Crippen molar-refractivity contribution in [3.63, 3.8) is 0 Å². The van der Waals surface area contributed by atoms with Crippen molar-refractivity contribution in [1.82, 2.24) is 0 Å². The van der Waals surface area contributed by atoms with Crippen LogP contribution in [0.25, 0.3) is 10.8 Å². The molecule has 0 spiro atoms. The van der Waals surface area contributed by atoms with Gasteiger partial charge in [0, 0.05) is 11.7 Å². The molecule has 1 atom stereocenters. The van der Waals surface area contributed by atoms with Crippen LogP contribution in [0.1, 0.15) is 24.8 Å². The standard InChI is InChI=1S/C20H21ClS/c1-3-7-17(8-4-2)20(13-14-22-21)19-12-11-16-9-5-6-10-18(16)15-19/h3-12,15,20H,1,13-14H2,2H3/b8-4-,17-7+. The third kappa shape index (κ3) is 4.28. The maximum atomic E-state index is 5.85. The maximum absolute atomic E-state index is 5.85. The van der Waals surface area contributed by atoms with Gasteiger partial charge in [0.05, 0.1) is 0 Å². The monoisotopic (exact) mass is 328 g/mol. The average molecular weight is 329 g/mol. The first-order valence-corrected chi connectivity index (χ1v) is 9.29. The smallest absolute Gasteiger partial charge is 0.00977 e. The van der Waals surface area contributed by atoms with Crippen LogP contribution in [-0.2, 0) is 0 Å². The van der Waals surface area contributed by atoms with E-state index < -0.39 is 0 Å². The molecule has 0 fully saturated rings. The van der Waals surface area contributed by atoms with Crippen molar-refractivity contribution in [2.45, 2.75) is 19.3 Å². The molecular formula is C20H21ClS. The normalized spacial score (nSPS) is 13.6. The van der Waals surface area contributed by atoms with Crippen LogP contribution in [0.15, 0.2) is 78.9 Å². The molecule has 0 aliphatic carbocycles. The van der Waals surface area contributed by atoms with Crippen LogP contribution >= 0.6 is 21.7 Å². The fraction of sp³-hybridized carbons (Fsp3) is 0.200. The predicted molar refractivity (Wildman–Crippen MR) is 103 cm³/mol. The highest BCUT2D eigenvalue weighted by atomic mass is 35.7. The van der Waals surface area contributed by atoms with Crippen molar-refractivity contribution in [3.05, 3.63) is 84.5 Å². The first-order chi connectivity index (χ1) is 10.8. The molecule has 22 heavy (non-hydrogen) atoms. The lowest BCUT2D eigenvalue weighted by atomic mass is 9.87. The van der Waals surface area contributed by atoms with E-state index in [1.807, 2.05) is 13.0 Å². The number of hydrogen-bond donors (Lipinski definition) is 0. The third-order valence-corrected chi connectivity index (χ3v) is 4.58. The largest absolute Gasteiger partial charge is 0.0991 e. The second kappa shape index (κ2) is 8.87. The molecule has 0 saturated carbocycles. The van der Waals surface area contributed by atoms with Gasteiger partial charge in [0.2, 0.25) is 0 Å². The van der Waals surface area contributed by atoms with Gasteiger partial charge < -0.3 is 0 Å². The molecule has 0 nitrogen and oxygen atoms in total. The molecule has 0 aromatic heterocycles. The van der Waals surface area contributed by atoms with E-state index in [9.17, 15) is 0 Å². The first kappa shape index (κ1) is 16.9. The lowest BCUT2D eigenvalue weighted by Crippen LogP contribution is -2.03. The van der Waals surface area contributed by atoms with E-state index in [2.05, 4.69) is 67.3 Å². The lowest BCUT2D eigenvalue weighted by Gasteiger charge is -2.19. The molecule has 114 valence electrons. The summed E-state index contributed by atoms with van der Waals surface area (Å²) in [5, 5.41) is 2.55. The maximum Gasteiger partial charge on any atom is 0.00977 e. The summed E-state index contributed by atoms with van der Waals surface area (Å²) >= 11 is 0. The van der Waals surface area contributed by atoms with Crippen molar-refractivity contribution in [2.24, 2.45) is 0 Å². The van der Waals surface area contributed by atoms with Crippen molar-refractivity contribution < 1.29 is 0 Å². The Morgan fingerprint density at radius 3 is 2.68 bits per heavy atom. The van der Waals surface area contributed by atoms with E-state index in [4.69, 9.17) is 10.7 Å². The highest BCUT2D eigenvalue weighted by Gasteiger charge is 2.15. The lowest BCUT2D eigenvalue weighted by molar-refractivity contribution is 0.786. The van der Waals surface area contributed by atoms with Crippen LogP contribution in [0.2, 0.25) is 0 Å². The molecule has 1 unspecified atom stereocenters. The minimum atomic E-state index is 0.338. The molecule has 0 radical (unpaired) electrons. The molecule has 0 heterocycles. The number of halogens is 1. The Hall–Kier alpha value is -1.44. The van der Waals surface area contributed by atoms with Gasteiger partial charge in [0.25, 0.3) is 0 Å².